The van der Waals surface area contributed by atoms with E-state index in [1.165, 1.54) is 18.3 Å². The number of aromatic amines is 1. The first-order valence-corrected chi connectivity index (χ1v) is 12.1. The van der Waals surface area contributed by atoms with Crippen LogP contribution in [0.2, 0.25) is 0 Å². The van der Waals surface area contributed by atoms with E-state index in [4.69, 9.17) is 9.47 Å². The van der Waals surface area contributed by atoms with E-state index in [0.717, 1.165) is 54.5 Å². The molecule has 0 spiro atoms. The van der Waals surface area contributed by atoms with Crippen molar-refractivity contribution >= 4 is 45.2 Å². The Morgan fingerprint density at radius 3 is 2.73 bits per heavy atom. The van der Waals surface area contributed by atoms with Crippen LogP contribution in [0.1, 0.15) is 70.7 Å². The maximum absolute atomic E-state index is 12.9. The molecule has 3 aromatic rings. The summed E-state index contributed by atoms with van der Waals surface area (Å²) in [7, 11) is 0. The third-order valence-electron chi connectivity index (χ3n) is 5.70. The van der Waals surface area contributed by atoms with Crippen LogP contribution < -0.4 is 5.32 Å². The van der Waals surface area contributed by atoms with Gasteiger partial charge in [-0.15, -0.1) is 11.3 Å². The fourth-order valence-electron chi connectivity index (χ4n) is 3.98. The molecule has 1 aromatic carbocycles. The second-order valence-electron chi connectivity index (χ2n) is 8.01. The van der Waals surface area contributed by atoms with Gasteiger partial charge in [-0.3, -0.25) is 4.79 Å². The normalized spacial score (nSPS) is 14.6. The van der Waals surface area contributed by atoms with Gasteiger partial charge in [0.15, 0.2) is 6.10 Å². The van der Waals surface area contributed by atoms with E-state index in [2.05, 4.69) is 15.3 Å². The van der Waals surface area contributed by atoms with Crippen molar-refractivity contribution in [1.82, 2.24) is 9.97 Å². The quantitative estimate of drug-likeness (QED) is 0.509. The van der Waals surface area contributed by atoms with Crippen molar-refractivity contribution in [2.24, 2.45) is 0 Å². The molecule has 9 heteroatoms. The number of rotatable bonds is 6. The van der Waals surface area contributed by atoms with Crippen LogP contribution in [-0.2, 0) is 27.1 Å². The highest BCUT2D eigenvalue weighted by atomic mass is 32.1. The average molecular weight is 470 g/mol. The minimum Gasteiger partial charge on any atom is -0.462 e. The summed E-state index contributed by atoms with van der Waals surface area (Å²) in [5.74, 6) is -1.53. The van der Waals surface area contributed by atoms with Crippen LogP contribution in [0, 0.1) is 0 Å². The maximum atomic E-state index is 12.9. The Morgan fingerprint density at radius 1 is 1.15 bits per heavy atom. The van der Waals surface area contributed by atoms with E-state index in [9.17, 15) is 14.4 Å². The van der Waals surface area contributed by atoms with Crippen LogP contribution in [0.5, 0.6) is 0 Å². The molecule has 0 bridgehead atoms. The highest BCUT2D eigenvalue weighted by molar-refractivity contribution is 7.17. The Kier molecular flexibility index (Phi) is 7.08. The number of nitrogens with one attached hydrogen (secondary N) is 2. The molecule has 0 saturated heterocycles. The van der Waals surface area contributed by atoms with Crippen LogP contribution in [0.15, 0.2) is 24.5 Å². The predicted octanol–water partition coefficient (Wildman–Crippen LogP) is 4.64. The van der Waals surface area contributed by atoms with Gasteiger partial charge in [-0.2, -0.15) is 0 Å². The number of hydrogen-bond donors (Lipinski definition) is 2. The van der Waals surface area contributed by atoms with Crippen molar-refractivity contribution in [1.29, 1.82) is 0 Å². The van der Waals surface area contributed by atoms with Crippen LogP contribution in [0.25, 0.3) is 11.0 Å². The molecular weight excluding hydrogens is 442 g/mol. The number of nitrogens with zero attached hydrogens (tertiary/aromatic N) is 1. The largest absolute Gasteiger partial charge is 0.462 e. The number of imidazole rings is 1. The lowest BCUT2D eigenvalue weighted by Gasteiger charge is -2.14. The number of esters is 2. The van der Waals surface area contributed by atoms with Crippen LogP contribution in [-0.4, -0.2) is 40.5 Å². The number of H-pyrrole nitrogens is 1. The van der Waals surface area contributed by atoms with Crippen LogP contribution in [0.4, 0.5) is 5.00 Å². The molecule has 8 nitrogen and oxygen atoms in total. The third kappa shape index (κ3) is 5.08. The number of benzene rings is 1. The van der Waals surface area contributed by atoms with Crippen LogP contribution >= 0.6 is 11.3 Å². The standard InChI is InChI=1S/C24H27N3O5S/c1-3-31-24(30)20-16-8-6-4-5-7-9-19(16)33-22(20)27-21(28)14(2)32-23(29)15-10-11-17-18(12-15)26-13-25-17/h10-14H,3-9H2,1-2H3,(H,25,26)(H,27,28). The molecule has 1 aliphatic carbocycles. The fourth-order valence-corrected chi connectivity index (χ4v) is 5.27. The molecule has 2 aromatic heterocycles. The van der Waals surface area contributed by atoms with Gasteiger partial charge in [-0.25, -0.2) is 14.6 Å². The predicted molar refractivity (Wildman–Crippen MR) is 126 cm³/mol. The van der Waals surface area contributed by atoms with Crippen molar-refractivity contribution < 1.29 is 23.9 Å². The number of aryl methyl sites for hydroxylation is 1. The summed E-state index contributed by atoms with van der Waals surface area (Å²) in [6, 6.07) is 4.95. The first-order chi connectivity index (χ1) is 16.0. The second kappa shape index (κ2) is 10.2. The molecule has 0 saturated carbocycles. The van der Waals surface area contributed by atoms with E-state index in [1.54, 1.807) is 31.5 Å². The van der Waals surface area contributed by atoms with Gasteiger partial charge in [0.1, 0.15) is 5.00 Å². The Labute approximate surface area is 195 Å². The zero-order valence-electron chi connectivity index (χ0n) is 18.7. The van der Waals surface area contributed by atoms with Gasteiger partial charge in [0.2, 0.25) is 0 Å². The number of aromatic nitrogens is 2. The lowest BCUT2D eigenvalue weighted by molar-refractivity contribution is -0.123. The average Bonchev–Trinajstić information content (AvgIpc) is 3.37. The van der Waals surface area contributed by atoms with Crippen molar-refractivity contribution in [2.45, 2.75) is 58.5 Å². The van der Waals surface area contributed by atoms with Gasteiger partial charge in [0, 0.05) is 4.88 Å². The molecule has 1 atom stereocenters. The number of amides is 1. The monoisotopic (exact) mass is 469 g/mol. The Morgan fingerprint density at radius 2 is 1.94 bits per heavy atom. The molecule has 0 radical (unpaired) electrons. The van der Waals surface area contributed by atoms with E-state index < -0.39 is 23.9 Å². The number of carbonyl (C=O) groups is 3. The fraction of sp³-hybridized carbons (Fsp3) is 0.417. The van der Waals surface area contributed by atoms with Gasteiger partial charge in [0.05, 0.1) is 35.1 Å². The number of anilines is 1. The zero-order chi connectivity index (χ0) is 23.4. The minimum absolute atomic E-state index is 0.255. The molecule has 174 valence electrons. The highest BCUT2D eigenvalue weighted by Crippen LogP contribution is 2.37. The highest BCUT2D eigenvalue weighted by Gasteiger charge is 2.28. The van der Waals surface area contributed by atoms with Gasteiger partial charge < -0.3 is 19.8 Å². The van der Waals surface area contributed by atoms with Crippen molar-refractivity contribution in [3.8, 4) is 0 Å². The lowest BCUT2D eigenvalue weighted by atomic mass is 9.96. The molecule has 1 aliphatic rings. The molecule has 2 heterocycles. The summed E-state index contributed by atoms with van der Waals surface area (Å²) < 4.78 is 10.7. The summed E-state index contributed by atoms with van der Waals surface area (Å²) in [5, 5.41) is 3.28. The maximum Gasteiger partial charge on any atom is 0.341 e. The molecule has 0 fully saturated rings. The molecular formula is C24H27N3O5S. The number of carbonyl (C=O) groups excluding carboxylic acids is 3. The van der Waals surface area contributed by atoms with E-state index >= 15 is 0 Å². The van der Waals surface area contributed by atoms with Crippen molar-refractivity contribution in [2.75, 3.05) is 11.9 Å². The van der Waals surface area contributed by atoms with Crippen LogP contribution in [0.3, 0.4) is 0 Å². The van der Waals surface area contributed by atoms with Gasteiger partial charge in [0.25, 0.3) is 5.91 Å². The van der Waals surface area contributed by atoms with E-state index in [1.807, 2.05) is 0 Å². The number of ether oxygens (including phenoxy) is 2. The first-order valence-electron chi connectivity index (χ1n) is 11.2. The summed E-state index contributed by atoms with van der Waals surface area (Å²) in [5.41, 5.74) is 3.17. The molecule has 1 amide bonds. The van der Waals surface area contributed by atoms with Gasteiger partial charge in [-0.05, 0) is 63.3 Å². The van der Waals surface area contributed by atoms with Crippen molar-refractivity contribution in [3.05, 3.63) is 46.1 Å². The second-order valence-corrected chi connectivity index (χ2v) is 9.12. The van der Waals surface area contributed by atoms with E-state index in [0.29, 0.717) is 21.6 Å². The summed E-state index contributed by atoms with van der Waals surface area (Å²) in [4.78, 5) is 46.4. The minimum atomic E-state index is -1.05. The Balaban J connectivity index is 1.51. The number of fused-ring (bicyclic) bond motifs is 2. The molecule has 2 N–H and O–H groups in total. The first kappa shape index (κ1) is 23.0. The summed E-state index contributed by atoms with van der Waals surface area (Å²) in [6.45, 7) is 3.52. The zero-order valence-corrected chi connectivity index (χ0v) is 19.5. The molecule has 0 aliphatic heterocycles. The SMILES string of the molecule is CCOC(=O)c1c(NC(=O)C(C)OC(=O)c2ccc3nc[nH]c3c2)sc2c1CCCCCC2. The summed E-state index contributed by atoms with van der Waals surface area (Å²) in [6.07, 6.45) is 6.49. The third-order valence-corrected chi connectivity index (χ3v) is 6.90. The lowest BCUT2D eigenvalue weighted by Crippen LogP contribution is -2.30. The van der Waals surface area contributed by atoms with Gasteiger partial charge in [-0.1, -0.05) is 12.8 Å². The summed E-state index contributed by atoms with van der Waals surface area (Å²) >= 11 is 1.42. The number of thiophene rings is 1. The molecule has 33 heavy (non-hydrogen) atoms. The topological polar surface area (TPSA) is 110 Å². The molecule has 1 unspecified atom stereocenters. The van der Waals surface area contributed by atoms with E-state index in [-0.39, 0.29) is 6.61 Å². The Hall–Kier alpha value is -3.20. The Bertz CT molecular complexity index is 1180. The van der Waals surface area contributed by atoms with Crippen molar-refractivity contribution in [3.63, 3.8) is 0 Å². The number of hydrogen-bond acceptors (Lipinski definition) is 7. The van der Waals surface area contributed by atoms with Gasteiger partial charge >= 0.3 is 11.9 Å². The smallest absolute Gasteiger partial charge is 0.341 e. The molecule has 4 rings (SSSR count).